The minimum absolute atomic E-state index is 0.0243. The Kier molecular flexibility index (Phi) is 20.9. The number of allylic oxidation sites excluding steroid dienone is 1. The number of hydrogen-bond donors (Lipinski definition) is 16. The van der Waals surface area contributed by atoms with Crippen molar-refractivity contribution in [2.75, 3.05) is 46.8 Å². The van der Waals surface area contributed by atoms with E-state index in [0.29, 0.717) is 43.4 Å². The van der Waals surface area contributed by atoms with Gasteiger partial charge in [0.15, 0.2) is 37.2 Å². The van der Waals surface area contributed by atoms with Gasteiger partial charge in [-0.1, -0.05) is 39.3 Å². The zero-order valence-corrected chi connectivity index (χ0v) is 48.7. The summed E-state index contributed by atoms with van der Waals surface area (Å²) >= 11 is 0. The maximum Gasteiger partial charge on any atom is 0.187 e. The molecule has 10 aliphatic rings. The van der Waals surface area contributed by atoms with Crippen molar-refractivity contribution in [3.05, 3.63) is 11.6 Å². The van der Waals surface area contributed by atoms with Gasteiger partial charge in [-0.05, 0) is 91.8 Å². The Hall–Kier alpha value is -1.38. The number of rotatable bonds is 19. The molecule has 9 fully saturated rings. The van der Waals surface area contributed by atoms with Crippen molar-refractivity contribution < 1.29 is 139 Å². The Labute approximate surface area is 492 Å². The molecule has 35 atom stereocenters. The zero-order chi connectivity index (χ0) is 61.4. The lowest BCUT2D eigenvalue weighted by atomic mass is 9.47. The van der Waals surface area contributed by atoms with E-state index in [1.165, 1.54) is 5.57 Å². The van der Waals surface area contributed by atoms with Crippen LogP contribution in [-0.2, 0) is 56.8 Å². The molecule has 6 heterocycles. The molecule has 0 aromatic carbocycles. The molecule has 28 heteroatoms. The molecule has 0 aromatic heterocycles. The monoisotopic (exact) mass is 1230 g/mol. The van der Waals surface area contributed by atoms with Crippen LogP contribution in [0.15, 0.2) is 11.6 Å². The number of aliphatic hydroxyl groups is 16. The Morgan fingerprint density at radius 1 is 0.588 bits per heavy atom. The number of hydrogen-bond acceptors (Lipinski definition) is 28. The van der Waals surface area contributed by atoms with Crippen molar-refractivity contribution in [2.24, 2.45) is 46.3 Å². The van der Waals surface area contributed by atoms with Gasteiger partial charge < -0.3 is 139 Å². The molecule has 10 rings (SSSR count). The molecule has 0 aromatic rings. The molecule has 0 amide bonds. The van der Waals surface area contributed by atoms with Gasteiger partial charge in [0.2, 0.25) is 0 Å². The van der Waals surface area contributed by atoms with E-state index in [-0.39, 0.29) is 41.3 Å². The Bertz CT molecular complexity index is 2220. The second-order valence-electron chi connectivity index (χ2n) is 26.4. The van der Waals surface area contributed by atoms with Gasteiger partial charge in [-0.25, -0.2) is 0 Å². The summed E-state index contributed by atoms with van der Waals surface area (Å²) in [5.41, 5.74) is 0.974. The second kappa shape index (κ2) is 26.7. The third-order valence-corrected chi connectivity index (χ3v) is 21.6. The van der Waals surface area contributed by atoms with E-state index in [2.05, 4.69) is 26.8 Å². The van der Waals surface area contributed by atoms with Crippen LogP contribution in [0.3, 0.4) is 0 Å². The van der Waals surface area contributed by atoms with Crippen molar-refractivity contribution in [2.45, 2.75) is 251 Å². The SMILES string of the molecule is CO[C@]1(CC[C@@H](C)CO[C@@H]2O[C@H](CO)[C@@H](O)[C@H](O)[C@H]2O)O[C@H]2C[C@H]3[C@@H]4CC=C5C[C@@H](O[C@@H]6O[C@H](CO)[C@H](O[C@@H]7O[C@H](CO)[C@@H](O)[C@H](O[C@@H]8OC[C@@H](O)[C@H](O)[C@H]8O)[C@H]7O)[C@H](O)[C@H]6O[C@@H]6O[C@H](CO)[C@@H](O)[C@H](O)[C@H]6O)CC[C@]5(C)[C@H]4CC[C@]3(C)[C@H]2[C@@H]1C. The third kappa shape index (κ3) is 12.2. The average molecular weight is 1230 g/mol. The lowest BCUT2D eigenvalue weighted by Crippen LogP contribution is -2.67. The van der Waals surface area contributed by atoms with Crippen molar-refractivity contribution in [3.8, 4) is 0 Å². The molecular formula is C57H94O28. The number of ether oxygens (including phenoxy) is 12. The van der Waals surface area contributed by atoms with Crippen LogP contribution in [0.1, 0.15) is 85.5 Å². The predicted molar refractivity (Wildman–Crippen MR) is 283 cm³/mol. The first-order chi connectivity index (χ1) is 40.4. The normalized spacial score (nSPS) is 53.9. The van der Waals surface area contributed by atoms with E-state index in [1.54, 1.807) is 7.11 Å². The topological polar surface area (TPSA) is 434 Å². The molecule has 490 valence electrons. The van der Waals surface area contributed by atoms with Crippen LogP contribution in [0, 0.1) is 46.3 Å². The van der Waals surface area contributed by atoms with Gasteiger partial charge in [-0.3, -0.25) is 0 Å². The maximum absolute atomic E-state index is 12.4. The third-order valence-electron chi connectivity index (χ3n) is 21.6. The molecule has 6 aliphatic heterocycles. The summed E-state index contributed by atoms with van der Waals surface area (Å²) in [7, 11) is 1.70. The molecule has 0 spiro atoms. The smallest absolute Gasteiger partial charge is 0.187 e. The number of fused-ring (bicyclic) bond motifs is 7. The highest BCUT2D eigenvalue weighted by atomic mass is 16.8. The van der Waals surface area contributed by atoms with Gasteiger partial charge in [0.1, 0.15) is 116 Å². The van der Waals surface area contributed by atoms with Crippen LogP contribution in [0.25, 0.3) is 0 Å². The molecule has 4 aliphatic carbocycles. The highest BCUT2D eigenvalue weighted by molar-refractivity contribution is 5.26. The molecule has 3 saturated carbocycles. The van der Waals surface area contributed by atoms with E-state index in [9.17, 15) is 81.7 Å². The average Bonchev–Trinajstić information content (AvgIpc) is 1.61. The molecule has 28 nitrogen and oxygen atoms in total. The first-order valence-corrected chi connectivity index (χ1v) is 30.4. The van der Waals surface area contributed by atoms with Crippen molar-refractivity contribution in [1.29, 1.82) is 0 Å². The first-order valence-electron chi connectivity index (χ1n) is 30.4. The Balaban J connectivity index is 0.811. The lowest BCUT2D eigenvalue weighted by Gasteiger charge is -2.58. The minimum Gasteiger partial charge on any atom is -0.394 e. The molecular weight excluding hydrogens is 1130 g/mol. The van der Waals surface area contributed by atoms with Crippen LogP contribution >= 0.6 is 0 Å². The summed E-state index contributed by atoms with van der Waals surface area (Å²) in [5, 5.41) is 170. The summed E-state index contributed by atoms with van der Waals surface area (Å²) in [4.78, 5) is 0. The summed E-state index contributed by atoms with van der Waals surface area (Å²) in [6, 6.07) is 0. The Morgan fingerprint density at radius 2 is 1.16 bits per heavy atom. The Morgan fingerprint density at radius 3 is 1.81 bits per heavy atom. The maximum atomic E-state index is 12.4. The highest BCUT2D eigenvalue weighted by Gasteiger charge is 2.69. The molecule has 85 heavy (non-hydrogen) atoms. The fraction of sp³-hybridized carbons (Fsp3) is 0.965. The number of aliphatic hydroxyl groups excluding tert-OH is 16. The second-order valence-corrected chi connectivity index (χ2v) is 26.4. The summed E-state index contributed by atoms with van der Waals surface area (Å²) < 4.78 is 72.8. The summed E-state index contributed by atoms with van der Waals surface area (Å²) in [5.74, 6) is 0.523. The van der Waals surface area contributed by atoms with Crippen LogP contribution in [0.2, 0.25) is 0 Å². The fourth-order valence-electron chi connectivity index (χ4n) is 16.6. The molecule has 0 radical (unpaired) electrons. The summed E-state index contributed by atoms with van der Waals surface area (Å²) in [6.45, 7) is 5.66. The van der Waals surface area contributed by atoms with Crippen LogP contribution < -0.4 is 0 Å². The van der Waals surface area contributed by atoms with Crippen LogP contribution in [0.4, 0.5) is 0 Å². The quantitative estimate of drug-likeness (QED) is 0.0539. The summed E-state index contributed by atoms with van der Waals surface area (Å²) in [6.07, 6.45) is -31.2. The van der Waals surface area contributed by atoms with Gasteiger partial charge in [-0.15, -0.1) is 0 Å². The van der Waals surface area contributed by atoms with E-state index >= 15 is 0 Å². The van der Waals surface area contributed by atoms with E-state index in [1.807, 2.05) is 6.92 Å². The standard InChI is InChI=1S/C57H94O28/c1-22(20-75-50-43(70)40(67)37(64)31(16-58)78-50)8-13-57(74-5)23(2)35-30(85-57)15-28-26-7-6-24-14-25(9-11-55(24,3)27(26)10-12-56(28,35)4)77-54-49(84-52-44(71)41(68)38(65)32(17-59)79-52)45(72)47(34(19-61)81-54)82-53-46(73)48(39(66)33(18-60)80-53)83-51-42(69)36(63)29(62)21-76-51/h6,22-23,25-54,58-73H,7-21H2,1-5H3/t22-,23+,25+,26-,27+,28+,29-,30+,31-,32-,33-,34-,35+,36+,37-,38-,39-,40+,41+,42-,43-,44-,45+,46-,47+,48+,49-,50-,51+,52+,53+,54-,55+,56+,57-/m1/s1. The van der Waals surface area contributed by atoms with E-state index in [0.717, 1.165) is 32.1 Å². The lowest BCUT2D eigenvalue weighted by molar-refractivity contribution is -0.396. The zero-order valence-electron chi connectivity index (χ0n) is 48.7. The van der Waals surface area contributed by atoms with E-state index in [4.69, 9.17) is 56.8 Å². The molecule has 16 N–H and O–H groups in total. The predicted octanol–water partition coefficient (Wildman–Crippen LogP) is -4.92. The largest absolute Gasteiger partial charge is 0.394 e. The minimum atomic E-state index is -1.99. The first kappa shape index (κ1) is 66.5. The van der Waals surface area contributed by atoms with Gasteiger partial charge in [0.25, 0.3) is 0 Å². The highest BCUT2D eigenvalue weighted by Crippen LogP contribution is 2.70. The van der Waals surface area contributed by atoms with Crippen molar-refractivity contribution in [1.82, 2.24) is 0 Å². The van der Waals surface area contributed by atoms with Crippen LogP contribution in [-0.4, -0.2) is 294 Å². The van der Waals surface area contributed by atoms with Gasteiger partial charge in [0, 0.05) is 19.4 Å². The van der Waals surface area contributed by atoms with Gasteiger partial charge in [-0.2, -0.15) is 0 Å². The molecule has 6 saturated heterocycles. The number of methoxy groups -OCH3 is 1. The fourth-order valence-corrected chi connectivity index (χ4v) is 16.6. The van der Waals surface area contributed by atoms with Crippen molar-refractivity contribution in [3.63, 3.8) is 0 Å². The molecule has 0 bridgehead atoms. The van der Waals surface area contributed by atoms with Gasteiger partial charge >= 0.3 is 0 Å². The van der Waals surface area contributed by atoms with E-state index < -0.39 is 192 Å². The molecule has 0 unspecified atom stereocenters. The van der Waals surface area contributed by atoms with Gasteiger partial charge in [0.05, 0.1) is 51.8 Å². The van der Waals surface area contributed by atoms with Crippen LogP contribution in [0.5, 0.6) is 0 Å². The van der Waals surface area contributed by atoms with Crippen molar-refractivity contribution >= 4 is 0 Å².